The SMILES string of the molecule is COc1ccc(-c2cnnc(NCC(C)c3ccccc3)n2)cc1. The van der Waals surface area contributed by atoms with Crippen LogP contribution >= 0.6 is 0 Å². The van der Waals surface area contributed by atoms with Gasteiger partial charge in [0.1, 0.15) is 5.75 Å². The van der Waals surface area contributed by atoms with Crippen molar-refractivity contribution in [2.45, 2.75) is 12.8 Å². The number of anilines is 1. The lowest BCUT2D eigenvalue weighted by Gasteiger charge is -2.13. The molecule has 1 unspecified atom stereocenters. The Morgan fingerprint density at radius 3 is 2.50 bits per heavy atom. The van der Waals surface area contributed by atoms with Crippen molar-refractivity contribution in [2.24, 2.45) is 0 Å². The van der Waals surface area contributed by atoms with Crippen LogP contribution in [-0.4, -0.2) is 28.8 Å². The molecular formula is C19H20N4O. The van der Waals surface area contributed by atoms with Gasteiger partial charge in [-0.15, -0.1) is 5.10 Å². The summed E-state index contributed by atoms with van der Waals surface area (Å²) in [6, 6.07) is 18.1. The summed E-state index contributed by atoms with van der Waals surface area (Å²) in [6.07, 6.45) is 1.66. The molecule has 1 heterocycles. The van der Waals surface area contributed by atoms with Gasteiger partial charge >= 0.3 is 0 Å². The molecule has 1 atom stereocenters. The fourth-order valence-electron chi connectivity index (χ4n) is 2.42. The fraction of sp³-hybridized carbons (Fsp3) is 0.211. The quantitative estimate of drug-likeness (QED) is 0.749. The molecule has 0 fully saturated rings. The summed E-state index contributed by atoms with van der Waals surface area (Å²) in [5, 5.41) is 11.4. The predicted octanol–water partition coefficient (Wildman–Crippen LogP) is 3.76. The van der Waals surface area contributed by atoms with Crippen LogP contribution in [0.2, 0.25) is 0 Å². The normalized spacial score (nSPS) is 11.8. The maximum absolute atomic E-state index is 5.17. The molecule has 0 aliphatic heterocycles. The molecule has 0 aliphatic carbocycles. The van der Waals surface area contributed by atoms with E-state index < -0.39 is 0 Å². The first-order valence-corrected chi connectivity index (χ1v) is 7.89. The van der Waals surface area contributed by atoms with Gasteiger partial charge < -0.3 is 10.1 Å². The van der Waals surface area contributed by atoms with E-state index in [1.165, 1.54) is 5.56 Å². The van der Waals surface area contributed by atoms with Gasteiger partial charge in [-0.05, 0) is 35.7 Å². The van der Waals surface area contributed by atoms with E-state index in [1.54, 1.807) is 13.3 Å². The summed E-state index contributed by atoms with van der Waals surface area (Å²) in [7, 11) is 1.65. The van der Waals surface area contributed by atoms with Crippen molar-refractivity contribution in [1.82, 2.24) is 15.2 Å². The van der Waals surface area contributed by atoms with Crippen molar-refractivity contribution in [2.75, 3.05) is 19.0 Å². The van der Waals surface area contributed by atoms with E-state index in [0.717, 1.165) is 23.6 Å². The van der Waals surface area contributed by atoms with Crippen LogP contribution in [0.4, 0.5) is 5.95 Å². The standard InChI is InChI=1S/C19H20N4O/c1-14(15-6-4-3-5-7-15)12-20-19-22-18(13-21-23-19)16-8-10-17(24-2)11-9-16/h3-11,13-14H,12H2,1-2H3,(H,20,22,23). The van der Waals surface area contributed by atoms with Crippen molar-refractivity contribution >= 4 is 5.95 Å². The molecular weight excluding hydrogens is 300 g/mol. The number of nitrogens with zero attached hydrogens (tertiary/aromatic N) is 3. The smallest absolute Gasteiger partial charge is 0.243 e. The number of nitrogens with one attached hydrogen (secondary N) is 1. The lowest BCUT2D eigenvalue weighted by Crippen LogP contribution is -2.12. The van der Waals surface area contributed by atoms with E-state index in [1.807, 2.05) is 42.5 Å². The lowest BCUT2D eigenvalue weighted by molar-refractivity contribution is 0.415. The Morgan fingerprint density at radius 2 is 1.79 bits per heavy atom. The average Bonchev–Trinajstić information content (AvgIpc) is 2.67. The minimum absolute atomic E-state index is 0.361. The summed E-state index contributed by atoms with van der Waals surface area (Å²) in [5.41, 5.74) is 3.04. The molecule has 24 heavy (non-hydrogen) atoms. The summed E-state index contributed by atoms with van der Waals surface area (Å²) in [5.74, 6) is 1.71. The van der Waals surface area contributed by atoms with Crippen LogP contribution in [0.1, 0.15) is 18.4 Å². The van der Waals surface area contributed by atoms with Crippen LogP contribution in [0.5, 0.6) is 5.75 Å². The molecule has 0 saturated heterocycles. The maximum atomic E-state index is 5.17. The number of methoxy groups -OCH3 is 1. The molecule has 5 nitrogen and oxygen atoms in total. The first-order chi connectivity index (χ1) is 11.8. The number of ether oxygens (including phenoxy) is 1. The molecule has 0 amide bonds. The predicted molar refractivity (Wildman–Crippen MR) is 95.2 cm³/mol. The average molecular weight is 320 g/mol. The second-order valence-corrected chi connectivity index (χ2v) is 5.59. The van der Waals surface area contributed by atoms with Crippen LogP contribution in [0, 0.1) is 0 Å². The van der Waals surface area contributed by atoms with Gasteiger partial charge in [-0.2, -0.15) is 5.10 Å². The molecule has 5 heteroatoms. The van der Waals surface area contributed by atoms with Crippen LogP contribution in [0.3, 0.4) is 0 Å². The van der Waals surface area contributed by atoms with Crippen molar-refractivity contribution in [1.29, 1.82) is 0 Å². The number of rotatable bonds is 6. The van der Waals surface area contributed by atoms with Crippen molar-refractivity contribution in [3.05, 3.63) is 66.4 Å². The summed E-state index contributed by atoms with van der Waals surface area (Å²) in [4.78, 5) is 4.54. The van der Waals surface area contributed by atoms with Gasteiger partial charge in [-0.3, -0.25) is 0 Å². The molecule has 3 rings (SSSR count). The lowest BCUT2D eigenvalue weighted by atomic mass is 10.0. The Hall–Kier alpha value is -2.95. The third-order valence-electron chi connectivity index (χ3n) is 3.88. The van der Waals surface area contributed by atoms with Crippen LogP contribution in [0.15, 0.2) is 60.8 Å². The number of hydrogen-bond acceptors (Lipinski definition) is 5. The molecule has 1 aromatic heterocycles. The van der Waals surface area contributed by atoms with E-state index >= 15 is 0 Å². The highest BCUT2D eigenvalue weighted by atomic mass is 16.5. The van der Waals surface area contributed by atoms with Crippen LogP contribution in [-0.2, 0) is 0 Å². The summed E-state index contributed by atoms with van der Waals surface area (Å²) >= 11 is 0. The van der Waals surface area contributed by atoms with Gasteiger partial charge in [0, 0.05) is 12.1 Å². The van der Waals surface area contributed by atoms with Gasteiger partial charge in [0.15, 0.2) is 0 Å². The van der Waals surface area contributed by atoms with Crippen molar-refractivity contribution in [3.63, 3.8) is 0 Å². The Bertz CT molecular complexity index is 775. The molecule has 3 aromatic rings. The Morgan fingerprint density at radius 1 is 1.04 bits per heavy atom. The maximum Gasteiger partial charge on any atom is 0.243 e. The molecule has 122 valence electrons. The van der Waals surface area contributed by atoms with Gasteiger partial charge in [0.05, 0.1) is 19.0 Å². The van der Waals surface area contributed by atoms with Crippen molar-refractivity contribution in [3.8, 4) is 17.0 Å². The highest BCUT2D eigenvalue weighted by Crippen LogP contribution is 2.21. The fourth-order valence-corrected chi connectivity index (χ4v) is 2.42. The van der Waals surface area contributed by atoms with E-state index in [-0.39, 0.29) is 0 Å². The first-order valence-electron chi connectivity index (χ1n) is 7.89. The Labute approximate surface area is 141 Å². The second-order valence-electron chi connectivity index (χ2n) is 5.59. The zero-order valence-corrected chi connectivity index (χ0v) is 13.8. The Kier molecular flexibility index (Phi) is 5.01. The van der Waals surface area contributed by atoms with Gasteiger partial charge in [0.2, 0.25) is 5.95 Å². The molecule has 0 radical (unpaired) electrons. The van der Waals surface area contributed by atoms with E-state index in [2.05, 4.69) is 39.6 Å². The monoisotopic (exact) mass is 320 g/mol. The third-order valence-corrected chi connectivity index (χ3v) is 3.88. The summed E-state index contributed by atoms with van der Waals surface area (Å²) in [6.45, 7) is 2.92. The van der Waals surface area contributed by atoms with E-state index in [0.29, 0.717) is 11.9 Å². The third kappa shape index (κ3) is 3.87. The number of hydrogen-bond donors (Lipinski definition) is 1. The molecule has 1 N–H and O–H groups in total. The van der Waals surface area contributed by atoms with Gasteiger partial charge in [-0.1, -0.05) is 37.3 Å². The molecule has 0 aliphatic rings. The highest BCUT2D eigenvalue weighted by molar-refractivity contribution is 5.60. The molecule has 0 bridgehead atoms. The number of aromatic nitrogens is 3. The minimum atomic E-state index is 0.361. The largest absolute Gasteiger partial charge is 0.497 e. The van der Waals surface area contributed by atoms with Gasteiger partial charge in [0.25, 0.3) is 0 Å². The number of benzene rings is 2. The first kappa shape index (κ1) is 15.9. The minimum Gasteiger partial charge on any atom is -0.497 e. The van der Waals surface area contributed by atoms with Crippen molar-refractivity contribution < 1.29 is 4.74 Å². The van der Waals surface area contributed by atoms with Gasteiger partial charge in [-0.25, -0.2) is 4.98 Å². The van der Waals surface area contributed by atoms with Crippen LogP contribution < -0.4 is 10.1 Å². The molecule has 0 saturated carbocycles. The van der Waals surface area contributed by atoms with Crippen LogP contribution in [0.25, 0.3) is 11.3 Å². The summed E-state index contributed by atoms with van der Waals surface area (Å²) < 4.78 is 5.17. The zero-order chi connectivity index (χ0) is 16.8. The van der Waals surface area contributed by atoms with E-state index in [4.69, 9.17) is 4.74 Å². The second kappa shape index (κ2) is 7.55. The van der Waals surface area contributed by atoms with E-state index in [9.17, 15) is 0 Å². The topological polar surface area (TPSA) is 59.9 Å². The molecule has 0 spiro atoms. The highest BCUT2D eigenvalue weighted by Gasteiger charge is 2.07. The molecule has 2 aromatic carbocycles. The Balaban J connectivity index is 1.68. The zero-order valence-electron chi connectivity index (χ0n) is 13.8.